The van der Waals surface area contributed by atoms with Gasteiger partial charge in [0.1, 0.15) is 0 Å². The van der Waals surface area contributed by atoms with Crippen LogP contribution in [0, 0.1) is 5.92 Å². The molecular formula is C5H7Cl3F4Si. The van der Waals surface area contributed by atoms with Gasteiger partial charge in [-0.25, -0.2) is 8.78 Å². The molecule has 13 heavy (non-hydrogen) atoms. The molecule has 0 aromatic carbocycles. The zero-order valence-corrected chi connectivity index (χ0v) is 9.78. The Bertz CT molecular complexity index is 170. The van der Waals surface area contributed by atoms with Crippen molar-refractivity contribution in [1.82, 2.24) is 0 Å². The lowest BCUT2D eigenvalue weighted by Crippen LogP contribution is -2.36. The smallest absolute Gasteiger partial charge is 0.204 e. The second kappa shape index (κ2) is 4.55. The van der Waals surface area contributed by atoms with E-state index in [9.17, 15) is 17.6 Å². The summed E-state index contributed by atoms with van der Waals surface area (Å²) in [4.78, 5) is 0. The highest BCUT2D eigenvalue weighted by Gasteiger charge is 2.49. The minimum atomic E-state index is -4.09. The fraction of sp³-hybridized carbons (Fsp3) is 1.00. The molecule has 0 heterocycles. The molecule has 0 rings (SSSR count). The average molecular weight is 278 g/mol. The summed E-state index contributed by atoms with van der Waals surface area (Å²) in [6.07, 6.45) is -3.72. The summed E-state index contributed by atoms with van der Waals surface area (Å²) in [5, 5.41) is 0. The third-order valence-electron chi connectivity index (χ3n) is 1.49. The van der Waals surface area contributed by atoms with E-state index in [1.807, 2.05) is 0 Å². The number of halogens is 7. The third-order valence-corrected chi connectivity index (χ3v) is 3.95. The SMILES string of the molecule is CC(C[Si](Cl)(Cl)Cl)C(F)(F)C(F)F. The first-order valence-corrected chi connectivity index (χ1v) is 8.54. The normalized spacial score (nSPS) is 16.4. The molecule has 0 radical (unpaired) electrons. The molecule has 0 nitrogen and oxygen atoms in total. The van der Waals surface area contributed by atoms with Crippen molar-refractivity contribution >= 4 is 39.2 Å². The fourth-order valence-corrected chi connectivity index (χ4v) is 3.75. The van der Waals surface area contributed by atoms with Gasteiger partial charge in [-0.3, -0.25) is 0 Å². The van der Waals surface area contributed by atoms with Gasteiger partial charge in [0.15, 0.2) is 0 Å². The maximum Gasteiger partial charge on any atom is 0.341 e. The Morgan fingerprint density at radius 1 is 1.23 bits per heavy atom. The molecule has 0 bridgehead atoms. The lowest BCUT2D eigenvalue weighted by molar-refractivity contribution is -0.156. The topological polar surface area (TPSA) is 0 Å². The predicted molar refractivity (Wildman–Crippen MR) is 48.2 cm³/mol. The number of alkyl halides is 4. The molecule has 0 spiro atoms. The van der Waals surface area contributed by atoms with Crippen molar-refractivity contribution in [3.05, 3.63) is 0 Å². The van der Waals surface area contributed by atoms with E-state index in [0.717, 1.165) is 6.92 Å². The van der Waals surface area contributed by atoms with Gasteiger partial charge in [-0.1, -0.05) is 6.92 Å². The summed E-state index contributed by atoms with van der Waals surface area (Å²) in [6, 6.07) is -3.75. The summed E-state index contributed by atoms with van der Waals surface area (Å²) in [7, 11) is 0. The van der Waals surface area contributed by atoms with Crippen LogP contribution in [-0.2, 0) is 0 Å². The van der Waals surface area contributed by atoms with Crippen LogP contribution < -0.4 is 0 Å². The molecule has 1 atom stereocenters. The molecule has 0 N–H and O–H groups in total. The summed E-state index contributed by atoms with van der Waals surface area (Å²) in [6.45, 7) is 0.945. The van der Waals surface area contributed by atoms with Crippen LogP contribution in [0.5, 0.6) is 0 Å². The molecule has 0 aliphatic rings. The Labute approximate surface area is 88.3 Å². The summed E-state index contributed by atoms with van der Waals surface area (Å²) >= 11 is 16.0. The van der Waals surface area contributed by atoms with Gasteiger partial charge < -0.3 is 0 Å². The van der Waals surface area contributed by atoms with E-state index in [1.165, 1.54) is 0 Å². The van der Waals surface area contributed by atoms with Gasteiger partial charge in [-0.05, 0) is 6.04 Å². The van der Waals surface area contributed by atoms with Crippen molar-refractivity contribution in [2.75, 3.05) is 0 Å². The highest BCUT2D eigenvalue weighted by Crippen LogP contribution is 2.39. The van der Waals surface area contributed by atoms with E-state index < -0.39 is 30.3 Å². The van der Waals surface area contributed by atoms with Crippen molar-refractivity contribution in [2.24, 2.45) is 5.92 Å². The maximum atomic E-state index is 12.6. The van der Waals surface area contributed by atoms with E-state index in [2.05, 4.69) is 0 Å². The van der Waals surface area contributed by atoms with Crippen LogP contribution in [0.15, 0.2) is 0 Å². The zero-order valence-electron chi connectivity index (χ0n) is 6.51. The molecule has 1 unspecified atom stereocenters. The fourth-order valence-electron chi connectivity index (χ4n) is 0.698. The van der Waals surface area contributed by atoms with Crippen LogP contribution in [0.1, 0.15) is 6.92 Å². The number of rotatable bonds is 4. The predicted octanol–water partition coefficient (Wildman–Crippen LogP) is 4.18. The molecule has 0 aromatic rings. The first kappa shape index (κ1) is 13.8. The molecule has 80 valence electrons. The third kappa shape index (κ3) is 4.72. The molecule has 0 aromatic heterocycles. The first-order chi connectivity index (χ1) is 5.57. The quantitative estimate of drug-likeness (QED) is 0.411. The second-order valence-electron chi connectivity index (χ2n) is 2.70. The minimum Gasteiger partial charge on any atom is -0.204 e. The standard InChI is InChI=1S/C5H7Cl3F4Si/c1-3(2-13(6,7)8)5(11,12)4(9)10/h3-4H,2H2,1H3. The van der Waals surface area contributed by atoms with Gasteiger partial charge in [0.2, 0.25) is 0 Å². The van der Waals surface area contributed by atoms with E-state index >= 15 is 0 Å². The minimum absolute atomic E-state index is 0.477. The lowest BCUT2D eigenvalue weighted by Gasteiger charge is -2.24. The van der Waals surface area contributed by atoms with Crippen molar-refractivity contribution in [1.29, 1.82) is 0 Å². The van der Waals surface area contributed by atoms with Crippen molar-refractivity contribution < 1.29 is 17.6 Å². The Morgan fingerprint density at radius 2 is 1.62 bits per heavy atom. The van der Waals surface area contributed by atoms with Gasteiger partial charge in [0.05, 0.1) is 0 Å². The van der Waals surface area contributed by atoms with Crippen LogP contribution >= 0.6 is 33.2 Å². The molecule has 0 aliphatic carbocycles. The van der Waals surface area contributed by atoms with Crippen molar-refractivity contribution in [3.63, 3.8) is 0 Å². The average Bonchev–Trinajstić information content (AvgIpc) is 1.82. The Kier molecular flexibility index (Phi) is 4.83. The van der Waals surface area contributed by atoms with E-state index in [4.69, 9.17) is 33.2 Å². The molecule has 8 heteroatoms. The highest BCUT2D eigenvalue weighted by atomic mass is 35.8. The number of hydrogen-bond acceptors (Lipinski definition) is 0. The molecular weight excluding hydrogens is 270 g/mol. The maximum absolute atomic E-state index is 12.6. The molecule has 0 saturated carbocycles. The second-order valence-corrected chi connectivity index (χ2v) is 11.9. The van der Waals surface area contributed by atoms with E-state index in [-0.39, 0.29) is 0 Å². The number of hydrogen-bond donors (Lipinski definition) is 0. The van der Waals surface area contributed by atoms with E-state index in [0.29, 0.717) is 0 Å². The molecule has 0 saturated heterocycles. The van der Waals surface area contributed by atoms with E-state index in [1.54, 1.807) is 0 Å². The molecule has 0 fully saturated rings. The summed E-state index contributed by atoms with van der Waals surface area (Å²) < 4.78 is 48.7. The monoisotopic (exact) mass is 276 g/mol. The lowest BCUT2D eigenvalue weighted by atomic mass is 10.1. The Balaban J connectivity index is 4.34. The zero-order chi connectivity index (χ0) is 10.9. The van der Waals surface area contributed by atoms with Crippen molar-refractivity contribution in [2.45, 2.75) is 25.3 Å². The summed E-state index contributed by atoms with van der Waals surface area (Å²) in [5.41, 5.74) is 0. The largest absolute Gasteiger partial charge is 0.341 e. The Hall–Kier alpha value is 0.807. The summed E-state index contributed by atoms with van der Waals surface area (Å²) in [5.74, 6) is -5.71. The highest BCUT2D eigenvalue weighted by molar-refractivity contribution is 7.64. The van der Waals surface area contributed by atoms with Crippen LogP contribution in [0.4, 0.5) is 17.6 Å². The van der Waals surface area contributed by atoms with Gasteiger partial charge in [0.25, 0.3) is 0 Å². The van der Waals surface area contributed by atoms with Gasteiger partial charge in [-0.2, -0.15) is 8.78 Å². The van der Waals surface area contributed by atoms with Gasteiger partial charge in [-0.15, -0.1) is 33.2 Å². The molecule has 0 aliphatic heterocycles. The molecule has 0 amide bonds. The Morgan fingerprint density at radius 3 is 1.85 bits per heavy atom. The van der Waals surface area contributed by atoms with Crippen molar-refractivity contribution in [3.8, 4) is 0 Å². The van der Waals surface area contributed by atoms with Gasteiger partial charge in [0, 0.05) is 5.92 Å². The van der Waals surface area contributed by atoms with Crippen LogP contribution in [0.3, 0.4) is 0 Å². The van der Waals surface area contributed by atoms with Crippen LogP contribution in [0.25, 0.3) is 0 Å². The van der Waals surface area contributed by atoms with Gasteiger partial charge >= 0.3 is 18.4 Å². The van der Waals surface area contributed by atoms with Crippen LogP contribution in [-0.4, -0.2) is 18.4 Å². The van der Waals surface area contributed by atoms with Crippen LogP contribution in [0.2, 0.25) is 6.04 Å². The first-order valence-electron chi connectivity index (χ1n) is 3.30.